The summed E-state index contributed by atoms with van der Waals surface area (Å²) in [6, 6.07) is 3.58. The third-order valence-corrected chi connectivity index (χ3v) is 6.79. The lowest BCUT2D eigenvalue weighted by Crippen LogP contribution is -2.59. The SMILES string of the molecule is O=C(c1ccnc(NCCC2(CO)CCC2)c1)N1CC2CC(CO)(C2)C1. The largest absolute Gasteiger partial charge is 0.396 e. The van der Waals surface area contributed by atoms with E-state index in [1.807, 2.05) is 11.0 Å². The molecule has 1 aromatic rings. The molecule has 0 aromatic carbocycles. The molecule has 2 saturated carbocycles. The molecule has 0 radical (unpaired) electrons. The second kappa shape index (κ2) is 6.82. The number of hydrogen-bond donors (Lipinski definition) is 3. The van der Waals surface area contributed by atoms with Gasteiger partial charge < -0.3 is 20.4 Å². The molecule has 2 aliphatic carbocycles. The molecule has 3 N–H and O–H groups in total. The zero-order valence-corrected chi connectivity index (χ0v) is 15.3. The number of fused-ring (bicyclic) bond motifs is 2. The van der Waals surface area contributed by atoms with Gasteiger partial charge in [0.15, 0.2) is 0 Å². The van der Waals surface area contributed by atoms with Crippen LogP contribution in [0.1, 0.15) is 48.9 Å². The zero-order valence-electron chi connectivity index (χ0n) is 15.3. The van der Waals surface area contributed by atoms with Crippen LogP contribution < -0.4 is 5.32 Å². The molecule has 5 rings (SSSR count). The van der Waals surface area contributed by atoms with E-state index >= 15 is 0 Å². The van der Waals surface area contributed by atoms with E-state index in [0.29, 0.717) is 23.8 Å². The minimum absolute atomic E-state index is 0.0310. The van der Waals surface area contributed by atoms with Gasteiger partial charge >= 0.3 is 0 Å². The molecule has 2 bridgehead atoms. The maximum absolute atomic E-state index is 12.9. The van der Waals surface area contributed by atoms with Crippen molar-refractivity contribution >= 4 is 11.7 Å². The van der Waals surface area contributed by atoms with E-state index in [-0.39, 0.29) is 30.0 Å². The van der Waals surface area contributed by atoms with Gasteiger partial charge in [-0.15, -0.1) is 0 Å². The molecule has 26 heavy (non-hydrogen) atoms. The Morgan fingerprint density at radius 3 is 2.77 bits per heavy atom. The van der Waals surface area contributed by atoms with Crippen molar-refractivity contribution in [2.75, 3.05) is 38.2 Å². The summed E-state index contributed by atoms with van der Waals surface area (Å²) in [6.07, 6.45) is 8.09. The monoisotopic (exact) mass is 359 g/mol. The van der Waals surface area contributed by atoms with Crippen LogP contribution in [0.3, 0.4) is 0 Å². The summed E-state index contributed by atoms with van der Waals surface area (Å²) < 4.78 is 0. The molecule has 3 heterocycles. The van der Waals surface area contributed by atoms with E-state index < -0.39 is 0 Å². The Hall–Kier alpha value is -1.66. The van der Waals surface area contributed by atoms with E-state index in [2.05, 4.69) is 10.3 Å². The van der Waals surface area contributed by atoms with Gasteiger partial charge in [-0.2, -0.15) is 0 Å². The van der Waals surface area contributed by atoms with Crippen molar-refractivity contribution in [2.45, 2.75) is 38.5 Å². The highest BCUT2D eigenvalue weighted by atomic mass is 16.3. The van der Waals surface area contributed by atoms with Crippen LogP contribution in [-0.2, 0) is 0 Å². The van der Waals surface area contributed by atoms with Gasteiger partial charge in [0.2, 0.25) is 0 Å². The minimum Gasteiger partial charge on any atom is -0.396 e. The number of carbonyl (C=O) groups is 1. The summed E-state index contributed by atoms with van der Waals surface area (Å²) in [5, 5.41) is 22.5. The Labute approximate surface area is 154 Å². The van der Waals surface area contributed by atoms with Crippen LogP contribution >= 0.6 is 0 Å². The first-order valence-corrected chi connectivity index (χ1v) is 9.78. The minimum atomic E-state index is -0.0614. The smallest absolute Gasteiger partial charge is 0.254 e. The van der Waals surface area contributed by atoms with Crippen LogP contribution in [0.25, 0.3) is 0 Å². The molecule has 1 amide bonds. The van der Waals surface area contributed by atoms with Gasteiger partial charge in [-0.3, -0.25) is 4.79 Å². The first kappa shape index (κ1) is 17.7. The lowest BCUT2D eigenvalue weighted by atomic mass is 9.59. The van der Waals surface area contributed by atoms with Gasteiger partial charge in [0.1, 0.15) is 5.82 Å². The van der Waals surface area contributed by atoms with Crippen molar-refractivity contribution < 1.29 is 15.0 Å². The summed E-state index contributed by atoms with van der Waals surface area (Å²) in [5.41, 5.74) is 0.680. The topological polar surface area (TPSA) is 85.7 Å². The highest BCUT2D eigenvalue weighted by Gasteiger charge is 2.50. The first-order chi connectivity index (χ1) is 12.6. The average molecular weight is 359 g/mol. The Bertz CT molecular complexity index is 663. The first-order valence-electron chi connectivity index (χ1n) is 9.78. The van der Waals surface area contributed by atoms with Crippen molar-refractivity contribution in [3.05, 3.63) is 23.9 Å². The number of piperidine rings is 2. The zero-order chi connectivity index (χ0) is 18.2. The lowest BCUT2D eigenvalue weighted by Gasteiger charge is -2.55. The molecule has 1 aromatic heterocycles. The molecule has 6 nitrogen and oxygen atoms in total. The predicted octanol–water partition coefficient (Wildman–Crippen LogP) is 1.89. The van der Waals surface area contributed by atoms with Crippen LogP contribution in [0, 0.1) is 16.7 Å². The Balaban J connectivity index is 1.35. The van der Waals surface area contributed by atoms with Gasteiger partial charge in [-0.05, 0) is 55.6 Å². The fourth-order valence-electron chi connectivity index (χ4n) is 5.00. The van der Waals surface area contributed by atoms with E-state index in [1.165, 1.54) is 6.42 Å². The van der Waals surface area contributed by atoms with Gasteiger partial charge in [0, 0.05) is 43.4 Å². The summed E-state index contributed by atoms with van der Waals surface area (Å²) in [7, 11) is 0. The number of carbonyl (C=O) groups excluding carboxylic acids is 1. The van der Waals surface area contributed by atoms with Crippen LogP contribution in [-0.4, -0.2) is 58.9 Å². The lowest BCUT2D eigenvalue weighted by molar-refractivity contribution is -0.0795. The fourth-order valence-corrected chi connectivity index (χ4v) is 5.00. The van der Waals surface area contributed by atoms with E-state index in [9.17, 15) is 15.0 Å². The molecule has 6 heteroatoms. The van der Waals surface area contributed by atoms with E-state index in [0.717, 1.165) is 45.2 Å². The number of aliphatic hydroxyl groups is 2. The molecule has 4 fully saturated rings. The number of pyridine rings is 1. The molecule has 142 valence electrons. The number of aliphatic hydroxyl groups excluding tert-OH is 2. The predicted molar refractivity (Wildman–Crippen MR) is 98.9 cm³/mol. The summed E-state index contributed by atoms with van der Waals surface area (Å²) in [5.74, 6) is 1.28. The van der Waals surface area contributed by atoms with Crippen LogP contribution in [0.2, 0.25) is 0 Å². The third-order valence-electron chi connectivity index (χ3n) is 6.79. The van der Waals surface area contributed by atoms with Crippen molar-refractivity contribution in [3.63, 3.8) is 0 Å². The molecule has 2 saturated heterocycles. The fraction of sp³-hybridized carbons (Fsp3) is 0.700. The number of nitrogens with one attached hydrogen (secondary N) is 1. The number of hydrogen-bond acceptors (Lipinski definition) is 5. The van der Waals surface area contributed by atoms with Crippen molar-refractivity contribution in [3.8, 4) is 0 Å². The Morgan fingerprint density at radius 1 is 1.31 bits per heavy atom. The number of amides is 1. The molecular formula is C20H29N3O3. The van der Waals surface area contributed by atoms with Crippen LogP contribution in [0.15, 0.2) is 18.3 Å². The quantitative estimate of drug-likeness (QED) is 0.692. The maximum Gasteiger partial charge on any atom is 0.254 e. The summed E-state index contributed by atoms with van der Waals surface area (Å²) in [4.78, 5) is 19.1. The molecule has 0 spiro atoms. The van der Waals surface area contributed by atoms with E-state index in [4.69, 9.17) is 0 Å². The molecule has 2 aliphatic heterocycles. The molecule has 4 aliphatic rings. The third kappa shape index (κ3) is 3.21. The number of rotatable bonds is 7. The van der Waals surface area contributed by atoms with Crippen molar-refractivity contribution in [2.24, 2.45) is 16.7 Å². The Kier molecular flexibility index (Phi) is 4.65. The molecular weight excluding hydrogens is 330 g/mol. The van der Waals surface area contributed by atoms with Crippen molar-refractivity contribution in [1.82, 2.24) is 9.88 Å². The maximum atomic E-state index is 12.9. The Morgan fingerprint density at radius 2 is 2.12 bits per heavy atom. The van der Waals surface area contributed by atoms with Gasteiger partial charge in [-0.25, -0.2) is 4.98 Å². The van der Waals surface area contributed by atoms with E-state index in [1.54, 1.807) is 12.3 Å². The highest BCUT2D eigenvalue weighted by molar-refractivity contribution is 5.95. The molecule has 0 atom stereocenters. The second-order valence-electron chi connectivity index (χ2n) is 8.74. The molecule has 0 unspecified atom stereocenters. The summed E-state index contributed by atoms with van der Waals surface area (Å²) >= 11 is 0. The van der Waals surface area contributed by atoms with Crippen LogP contribution in [0.4, 0.5) is 5.82 Å². The summed E-state index contributed by atoms with van der Waals surface area (Å²) in [6.45, 7) is 2.63. The van der Waals surface area contributed by atoms with Gasteiger partial charge in [0.05, 0.1) is 6.61 Å². The highest BCUT2D eigenvalue weighted by Crippen LogP contribution is 2.50. The van der Waals surface area contributed by atoms with Gasteiger partial charge in [0.25, 0.3) is 5.91 Å². The number of aromatic nitrogens is 1. The van der Waals surface area contributed by atoms with Crippen LogP contribution in [0.5, 0.6) is 0 Å². The number of nitrogens with zero attached hydrogens (tertiary/aromatic N) is 2. The standard InChI is InChI=1S/C20H29N3O3/c24-13-19(3-1-4-19)5-7-22-17-8-16(2-6-21-17)18(26)23-11-15-9-20(10-15,12-23)14-25/h2,6,8,15,24-25H,1,3-5,7,9-14H2,(H,21,22). The van der Waals surface area contributed by atoms with Crippen molar-refractivity contribution in [1.29, 1.82) is 0 Å². The van der Waals surface area contributed by atoms with Gasteiger partial charge in [-0.1, -0.05) is 6.42 Å². The average Bonchev–Trinajstić information content (AvgIpc) is 2.63. The normalized spacial score (nSPS) is 28.8. The number of anilines is 1. The second-order valence-corrected chi connectivity index (χ2v) is 8.74.